The van der Waals surface area contributed by atoms with Crippen LogP contribution in [0.4, 0.5) is 0 Å². The van der Waals surface area contributed by atoms with E-state index in [4.69, 9.17) is 9.47 Å². The molecule has 3 nitrogen and oxygen atoms in total. The maximum Gasteiger partial charge on any atom is 0.122 e. The Morgan fingerprint density at radius 2 is 2.00 bits per heavy atom. The standard InChI is InChI=1S/C13H18O3/c1-15-11-5-6-13(16-2)12(8-11)9-3-4-10(14)7-9/h5-6,8-10,14H,3-4,7H2,1-2H3. The number of aliphatic hydroxyl groups is 1. The summed E-state index contributed by atoms with van der Waals surface area (Å²) in [5, 5.41) is 9.58. The summed E-state index contributed by atoms with van der Waals surface area (Å²) in [5.41, 5.74) is 1.15. The summed E-state index contributed by atoms with van der Waals surface area (Å²) in [6.07, 6.45) is 2.56. The van der Waals surface area contributed by atoms with E-state index >= 15 is 0 Å². The molecule has 2 rings (SSSR count). The van der Waals surface area contributed by atoms with Gasteiger partial charge in [0.15, 0.2) is 0 Å². The number of benzene rings is 1. The molecule has 16 heavy (non-hydrogen) atoms. The van der Waals surface area contributed by atoms with Gasteiger partial charge in [0.1, 0.15) is 11.5 Å². The minimum absolute atomic E-state index is 0.166. The van der Waals surface area contributed by atoms with Crippen LogP contribution >= 0.6 is 0 Å². The van der Waals surface area contributed by atoms with E-state index in [9.17, 15) is 5.11 Å². The molecule has 0 saturated heterocycles. The van der Waals surface area contributed by atoms with Gasteiger partial charge in [0, 0.05) is 5.56 Å². The molecule has 0 heterocycles. The van der Waals surface area contributed by atoms with Crippen molar-refractivity contribution in [1.82, 2.24) is 0 Å². The Balaban J connectivity index is 2.29. The Morgan fingerprint density at radius 1 is 1.19 bits per heavy atom. The van der Waals surface area contributed by atoms with Crippen LogP contribution in [-0.2, 0) is 0 Å². The molecule has 1 N–H and O–H groups in total. The normalized spacial score (nSPS) is 24.4. The lowest BCUT2D eigenvalue weighted by atomic mass is 9.96. The van der Waals surface area contributed by atoms with Crippen LogP contribution in [0.2, 0.25) is 0 Å². The number of rotatable bonds is 3. The lowest BCUT2D eigenvalue weighted by molar-refractivity contribution is 0.181. The summed E-state index contributed by atoms with van der Waals surface area (Å²) in [4.78, 5) is 0. The molecule has 0 bridgehead atoms. The molecule has 2 atom stereocenters. The number of methoxy groups -OCH3 is 2. The summed E-state index contributed by atoms with van der Waals surface area (Å²) < 4.78 is 10.6. The fourth-order valence-electron chi connectivity index (χ4n) is 2.40. The van der Waals surface area contributed by atoms with Gasteiger partial charge < -0.3 is 14.6 Å². The van der Waals surface area contributed by atoms with Gasteiger partial charge in [-0.3, -0.25) is 0 Å². The zero-order valence-electron chi connectivity index (χ0n) is 9.77. The largest absolute Gasteiger partial charge is 0.497 e. The van der Waals surface area contributed by atoms with E-state index in [-0.39, 0.29) is 6.10 Å². The fourth-order valence-corrected chi connectivity index (χ4v) is 2.40. The van der Waals surface area contributed by atoms with Crippen molar-refractivity contribution in [2.75, 3.05) is 14.2 Å². The Kier molecular flexibility index (Phi) is 3.34. The molecule has 3 heteroatoms. The molecule has 1 fully saturated rings. The van der Waals surface area contributed by atoms with Crippen LogP contribution in [0.5, 0.6) is 11.5 Å². The Hall–Kier alpha value is -1.22. The van der Waals surface area contributed by atoms with Crippen molar-refractivity contribution in [3.8, 4) is 11.5 Å². The number of hydrogen-bond acceptors (Lipinski definition) is 3. The average Bonchev–Trinajstić information content (AvgIpc) is 2.75. The predicted octanol–water partition coefficient (Wildman–Crippen LogP) is 2.33. The van der Waals surface area contributed by atoms with Crippen molar-refractivity contribution < 1.29 is 14.6 Å². The lowest BCUT2D eigenvalue weighted by Gasteiger charge is -2.15. The zero-order chi connectivity index (χ0) is 11.5. The Morgan fingerprint density at radius 3 is 2.56 bits per heavy atom. The predicted molar refractivity (Wildman–Crippen MR) is 62.1 cm³/mol. The summed E-state index contributed by atoms with van der Waals surface area (Å²) >= 11 is 0. The van der Waals surface area contributed by atoms with E-state index < -0.39 is 0 Å². The number of aliphatic hydroxyl groups excluding tert-OH is 1. The minimum Gasteiger partial charge on any atom is -0.497 e. The monoisotopic (exact) mass is 222 g/mol. The van der Waals surface area contributed by atoms with E-state index in [1.807, 2.05) is 18.2 Å². The Labute approximate surface area is 96.0 Å². The second-order valence-electron chi connectivity index (χ2n) is 4.27. The minimum atomic E-state index is -0.166. The molecule has 1 aliphatic rings. The van der Waals surface area contributed by atoms with Crippen LogP contribution < -0.4 is 9.47 Å². The van der Waals surface area contributed by atoms with Gasteiger partial charge in [-0.1, -0.05) is 0 Å². The fraction of sp³-hybridized carbons (Fsp3) is 0.538. The highest BCUT2D eigenvalue weighted by atomic mass is 16.5. The van der Waals surface area contributed by atoms with Crippen molar-refractivity contribution in [3.05, 3.63) is 23.8 Å². The smallest absolute Gasteiger partial charge is 0.122 e. The van der Waals surface area contributed by atoms with E-state index in [1.54, 1.807) is 14.2 Å². The molecule has 1 saturated carbocycles. The maximum absolute atomic E-state index is 9.58. The summed E-state index contributed by atoms with van der Waals surface area (Å²) in [5.74, 6) is 2.12. The summed E-state index contributed by atoms with van der Waals surface area (Å²) in [6, 6.07) is 5.84. The van der Waals surface area contributed by atoms with Gasteiger partial charge in [-0.05, 0) is 43.4 Å². The molecule has 1 aliphatic carbocycles. The maximum atomic E-state index is 9.58. The van der Waals surface area contributed by atoms with Crippen molar-refractivity contribution in [2.24, 2.45) is 0 Å². The van der Waals surface area contributed by atoms with Gasteiger partial charge >= 0.3 is 0 Å². The highest BCUT2D eigenvalue weighted by molar-refractivity contribution is 5.42. The number of ether oxygens (including phenoxy) is 2. The molecule has 2 unspecified atom stereocenters. The third kappa shape index (κ3) is 2.14. The molecular formula is C13H18O3. The first-order valence-corrected chi connectivity index (χ1v) is 5.64. The second kappa shape index (κ2) is 4.74. The van der Waals surface area contributed by atoms with Crippen LogP contribution in [0.15, 0.2) is 18.2 Å². The van der Waals surface area contributed by atoms with E-state index in [0.29, 0.717) is 5.92 Å². The third-order valence-electron chi connectivity index (χ3n) is 3.28. The van der Waals surface area contributed by atoms with Crippen LogP contribution in [0.1, 0.15) is 30.7 Å². The molecule has 0 aliphatic heterocycles. The van der Waals surface area contributed by atoms with Gasteiger partial charge in [0.05, 0.1) is 20.3 Å². The first-order valence-electron chi connectivity index (χ1n) is 5.64. The van der Waals surface area contributed by atoms with Gasteiger partial charge in [-0.15, -0.1) is 0 Å². The molecule has 0 spiro atoms. The zero-order valence-corrected chi connectivity index (χ0v) is 9.77. The molecule has 0 radical (unpaired) electrons. The van der Waals surface area contributed by atoms with Crippen molar-refractivity contribution in [1.29, 1.82) is 0 Å². The topological polar surface area (TPSA) is 38.7 Å². The van der Waals surface area contributed by atoms with Gasteiger partial charge in [0.25, 0.3) is 0 Å². The first kappa shape index (κ1) is 11.3. The van der Waals surface area contributed by atoms with E-state index in [1.165, 1.54) is 0 Å². The molecule has 88 valence electrons. The second-order valence-corrected chi connectivity index (χ2v) is 4.27. The van der Waals surface area contributed by atoms with E-state index in [0.717, 1.165) is 36.3 Å². The third-order valence-corrected chi connectivity index (χ3v) is 3.28. The summed E-state index contributed by atoms with van der Waals surface area (Å²) in [7, 11) is 3.34. The quantitative estimate of drug-likeness (QED) is 0.853. The highest BCUT2D eigenvalue weighted by Crippen LogP contribution is 2.40. The van der Waals surface area contributed by atoms with Crippen LogP contribution in [-0.4, -0.2) is 25.4 Å². The van der Waals surface area contributed by atoms with Gasteiger partial charge in [-0.2, -0.15) is 0 Å². The Bertz CT molecular complexity index is 362. The van der Waals surface area contributed by atoms with Gasteiger partial charge in [0.2, 0.25) is 0 Å². The number of hydrogen-bond donors (Lipinski definition) is 1. The summed E-state index contributed by atoms with van der Waals surface area (Å²) in [6.45, 7) is 0. The highest BCUT2D eigenvalue weighted by Gasteiger charge is 2.26. The molecule has 1 aromatic rings. The molecule has 1 aromatic carbocycles. The van der Waals surface area contributed by atoms with Crippen molar-refractivity contribution in [3.63, 3.8) is 0 Å². The molecule has 0 amide bonds. The average molecular weight is 222 g/mol. The SMILES string of the molecule is COc1ccc(OC)c(C2CCC(O)C2)c1. The van der Waals surface area contributed by atoms with Crippen molar-refractivity contribution >= 4 is 0 Å². The van der Waals surface area contributed by atoms with Crippen LogP contribution in [0, 0.1) is 0 Å². The first-order chi connectivity index (χ1) is 7.74. The molecular weight excluding hydrogens is 204 g/mol. The van der Waals surface area contributed by atoms with Gasteiger partial charge in [-0.25, -0.2) is 0 Å². The van der Waals surface area contributed by atoms with E-state index in [2.05, 4.69) is 0 Å². The van der Waals surface area contributed by atoms with Crippen molar-refractivity contribution in [2.45, 2.75) is 31.3 Å². The van der Waals surface area contributed by atoms with Crippen LogP contribution in [0.25, 0.3) is 0 Å². The molecule has 0 aromatic heterocycles. The lowest BCUT2D eigenvalue weighted by Crippen LogP contribution is -2.01. The van der Waals surface area contributed by atoms with Crippen LogP contribution in [0.3, 0.4) is 0 Å².